The third kappa shape index (κ3) is 6.33. The molecule has 6 heteroatoms. The molecule has 0 atom stereocenters. The lowest BCUT2D eigenvalue weighted by Gasteiger charge is -2.26. The second-order valence-electron chi connectivity index (χ2n) is 8.68. The van der Waals surface area contributed by atoms with Crippen LogP contribution >= 0.6 is 0 Å². The highest BCUT2D eigenvalue weighted by molar-refractivity contribution is 5.92. The van der Waals surface area contributed by atoms with Crippen molar-refractivity contribution in [1.82, 2.24) is 14.8 Å². The molecule has 1 heterocycles. The Balaban J connectivity index is 1.90. The number of likely N-dealkylation sites (N-methyl/N-ethyl adjacent to an activating group) is 1. The van der Waals surface area contributed by atoms with Crippen LogP contribution in [0, 0.1) is 6.92 Å². The van der Waals surface area contributed by atoms with Crippen molar-refractivity contribution in [3.8, 4) is 5.75 Å². The number of carbonyl (C=O) groups is 1. The average molecular weight is 447 g/mol. The third-order valence-corrected chi connectivity index (χ3v) is 5.55. The maximum absolute atomic E-state index is 13.2. The Morgan fingerprint density at radius 1 is 1.03 bits per heavy atom. The zero-order chi connectivity index (χ0) is 24.0. The molecular formula is C27H34N4O2. The third-order valence-electron chi connectivity index (χ3n) is 5.55. The molecule has 1 aromatic heterocycles. The summed E-state index contributed by atoms with van der Waals surface area (Å²) in [5.74, 6) is 1.65. The number of amides is 1. The van der Waals surface area contributed by atoms with E-state index in [2.05, 4.69) is 30.0 Å². The minimum absolute atomic E-state index is 0.0262. The van der Waals surface area contributed by atoms with Crippen LogP contribution in [0.3, 0.4) is 0 Å². The Hall–Kier alpha value is -3.38. The molecule has 0 aliphatic carbocycles. The van der Waals surface area contributed by atoms with E-state index in [1.165, 1.54) is 0 Å². The van der Waals surface area contributed by atoms with Gasteiger partial charge in [-0.25, -0.2) is 4.98 Å². The Morgan fingerprint density at radius 2 is 1.76 bits per heavy atom. The van der Waals surface area contributed by atoms with Crippen LogP contribution in [0.2, 0.25) is 0 Å². The maximum Gasteiger partial charge on any atom is 0.246 e. The van der Waals surface area contributed by atoms with Gasteiger partial charge in [0.2, 0.25) is 5.91 Å². The molecule has 0 aliphatic rings. The lowest BCUT2D eigenvalue weighted by molar-refractivity contribution is -0.126. The summed E-state index contributed by atoms with van der Waals surface area (Å²) in [7, 11) is 9.65. The molecule has 0 bridgehead atoms. The molecule has 0 unspecified atom stereocenters. The number of carbonyl (C=O) groups excluding carboxylic acids is 1. The van der Waals surface area contributed by atoms with Crippen LogP contribution in [0.5, 0.6) is 5.75 Å². The molecule has 0 fully saturated rings. The van der Waals surface area contributed by atoms with Gasteiger partial charge in [0.25, 0.3) is 0 Å². The standard InChI is InChI=1S/C27H34N4O2/c1-20-8-7-9-22-18-23(27(30(4)5)28-26(20)22)19-31(17-16-29(2)3)25(32)15-12-21-10-13-24(33-6)14-11-21/h7-15,18H,16-17,19H2,1-6H3. The smallest absolute Gasteiger partial charge is 0.246 e. The fourth-order valence-corrected chi connectivity index (χ4v) is 3.67. The SMILES string of the molecule is COc1ccc(C=CC(=O)N(CCN(C)C)Cc2cc3cccc(C)c3nc2N(C)C)cc1. The summed E-state index contributed by atoms with van der Waals surface area (Å²) >= 11 is 0. The number of ether oxygens (including phenoxy) is 1. The van der Waals surface area contributed by atoms with E-state index in [1.807, 2.05) is 74.4 Å². The highest BCUT2D eigenvalue weighted by Gasteiger charge is 2.17. The van der Waals surface area contributed by atoms with Gasteiger partial charge in [0.15, 0.2) is 0 Å². The fraction of sp³-hybridized carbons (Fsp3) is 0.333. The zero-order valence-corrected chi connectivity index (χ0v) is 20.5. The first kappa shape index (κ1) is 24.3. The number of aryl methyl sites for hydroxylation is 1. The monoisotopic (exact) mass is 446 g/mol. The van der Waals surface area contributed by atoms with E-state index in [4.69, 9.17) is 9.72 Å². The van der Waals surface area contributed by atoms with E-state index in [9.17, 15) is 4.79 Å². The van der Waals surface area contributed by atoms with Crippen molar-refractivity contribution in [2.24, 2.45) is 0 Å². The number of benzene rings is 2. The quantitative estimate of drug-likeness (QED) is 0.461. The van der Waals surface area contributed by atoms with Gasteiger partial charge in [-0.2, -0.15) is 0 Å². The molecule has 0 saturated heterocycles. The first-order chi connectivity index (χ1) is 15.8. The minimum atomic E-state index is -0.0262. The van der Waals surface area contributed by atoms with Gasteiger partial charge in [-0.1, -0.05) is 30.3 Å². The summed E-state index contributed by atoms with van der Waals surface area (Å²) in [5, 5.41) is 1.09. The Labute approximate surface area is 197 Å². The molecule has 33 heavy (non-hydrogen) atoms. The number of methoxy groups -OCH3 is 1. The van der Waals surface area contributed by atoms with Crippen molar-refractivity contribution in [1.29, 1.82) is 0 Å². The Bertz CT molecular complexity index is 1120. The van der Waals surface area contributed by atoms with Crippen LogP contribution in [-0.4, -0.2) is 69.1 Å². The molecule has 3 rings (SSSR count). The molecule has 174 valence electrons. The predicted octanol–water partition coefficient (Wildman–Crippen LogP) is 4.22. The van der Waals surface area contributed by atoms with Gasteiger partial charge in [-0.3, -0.25) is 4.79 Å². The van der Waals surface area contributed by atoms with E-state index in [-0.39, 0.29) is 5.91 Å². The topological polar surface area (TPSA) is 48.9 Å². The molecule has 1 amide bonds. The highest BCUT2D eigenvalue weighted by Crippen LogP contribution is 2.26. The van der Waals surface area contributed by atoms with Gasteiger partial charge in [-0.15, -0.1) is 0 Å². The largest absolute Gasteiger partial charge is 0.497 e. The molecule has 3 aromatic rings. The van der Waals surface area contributed by atoms with Crippen molar-refractivity contribution in [3.05, 3.63) is 71.3 Å². The minimum Gasteiger partial charge on any atom is -0.497 e. The Kier molecular flexibility index (Phi) is 8.06. The summed E-state index contributed by atoms with van der Waals surface area (Å²) in [6.45, 7) is 3.96. The number of aromatic nitrogens is 1. The summed E-state index contributed by atoms with van der Waals surface area (Å²) in [4.78, 5) is 24.1. The van der Waals surface area contributed by atoms with Crippen LogP contribution in [0.1, 0.15) is 16.7 Å². The second kappa shape index (κ2) is 11.0. The van der Waals surface area contributed by atoms with Crippen LogP contribution in [0.4, 0.5) is 5.82 Å². The maximum atomic E-state index is 13.2. The molecule has 0 spiro atoms. The zero-order valence-electron chi connectivity index (χ0n) is 20.5. The predicted molar refractivity (Wildman–Crippen MR) is 137 cm³/mol. The highest BCUT2D eigenvalue weighted by atomic mass is 16.5. The van der Waals surface area contributed by atoms with Crippen LogP contribution in [0.15, 0.2) is 54.6 Å². The van der Waals surface area contributed by atoms with E-state index < -0.39 is 0 Å². The van der Waals surface area contributed by atoms with Crippen LogP contribution < -0.4 is 9.64 Å². The molecule has 0 radical (unpaired) electrons. The molecular weight excluding hydrogens is 412 g/mol. The number of rotatable bonds is 9. The van der Waals surface area contributed by atoms with Crippen LogP contribution in [0.25, 0.3) is 17.0 Å². The van der Waals surface area contributed by atoms with Gasteiger partial charge >= 0.3 is 0 Å². The van der Waals surface area contributed by atoms with Crippen molar-refractivity contribution in [2.75, 3.05) is 53.3 Å². The number of pyridine rings is 1. The number of para-hydroxylation sites is 1. The number of anilines is 1. The van der Waals surface area contributed by atoms with Crippen molar-refractivity contribution < 1.29 is 9.53 Å². The van der Waals surface area contributed by atoms with Crippen molar-refractivity contribution in [3.63, 3.8) is 0 Å². The number of fused-ring (bicyclic) bond motifs is 1. The van der Waals surface area contributed by atoms with Gasteiger partial charge in [0.05, 0.1) is 12.6 Å². The molecule has 0 aliphatic heterocycles. The van der Waals surface area contributed by atoms with E-state index in [0.29, 0.717) is 13.1 Å². The Morgan fingerprint density at radius 3 is 2.39 bits per heavy atom. The lowest BCUT2D eigenvalue weighted by atomic mass is 10.1. The van der Waals surface area contributed by atoms with Gasteiger partial charge < -0.3 is 19.4 Å². The normalized spacial score (nSPS) is 11.4. The fourth-order valence-electron chi connectivity index (χ4n) is 3.67. The molecule has 2 aromatic carbocycles. The first-order valence-corrected chi connectivity index (χ1v) is 11.1. The second-order valence-corrected chi connectivity index (χ2v) is 8.68. The van der Waals surface area contributed by atoms with Gasteiger partial charge in [-0.05, 0) is 56.4 Å². The summed E-state index contributed by atoms with van der Waals surface area (Å²) in [5.41, 5.74) is 4.12. The van der Waals surface area contributed by atoms with Crippen molar-refractivity contribution >= 4 is 28.7 Å². The average Bonchev–Trinajstić information content (AvgIpc) is 2.80. The molecule has 6 nitrogen and oxygen atoms in total. The number of hydrogen-bond donors (Lipinski definition) is 0. The van der Waals surface area contributed by atoms with Gasteiger partial charge in [0, 0.05) is 50.8 Å². The van der Waals surface area contributed by atoms with Crippen LogP contribution in [-0.2, 0) is 11.3 Å². The molecule has 0 saturated carbocycles. The van der Waals surface area contributed by atoms with E-state index >= 15 is 0 Å². The van der Waals surface area contributed by atoms with E-state index in [1.54, 1.807) is 13.2 Å². The molecule has 0 N–H and O–H groups in total. The van der Waals surface area contributed by atoms with E-state index in [0.717, 1.165) is 45.7 Å². The summed E-state index contributed by atoms with van der Waals surface area (Å²) in [6.07, 6.45) is 3.49. The summed E-state index contributed by atoms with van der Waals surface area (Å²) in [6, 6.07) is 16.0. The van der Waals surface area contributed by atoms with Crippen molar-refractivity contribution in [2.45, 2.75) is 13.5 Å². The van der Waals surface area contributed by atoms with Gasteiger partial charge in [0.1, 0.15) is 11.6 Å². The summed E-state index contributed by atoms with van der Waals surface area (Å²) < 4.78 is 5.21. The number of hydrogen-bond acceptors (Lipinski definition) is 5. The first-order valence-electron chi connectivity index (χ1n) is 11.1. The number of nitrogens with zero attached hydrogens (tertiary/aromatic N) is 4. The lowest BCUT2D eigenvalue weighted by Crippen LogP contribution is -2.35.